The van der Waals surface area contributed by atoms with Gasteiger partial charge in [0.15, 0.2) is 0 Å². The Morgan fingerprint density at radius 3 is 2.65 bits per heavy atom. The van der Waals surface area contributed by atoms with Crippen molar-refractivity contribution in [3.63, 3.8) is 0 Å². The number of benzene rings is 1. The zero-order chi connectivity index (χ0) is 16.7. The van der Waals surface area contributed by atoms with Crippen molar-refractivity contribution < 1.29 is 9.18 Å². The molecular weight excluding hydrogens is 297 g/mol. The first-order chi connectivity index (χ1) is 11.2. The molecule has 6 nitrogen and oxygen atoms in total. The second-order valence-electron chi connectivity index (χ2n) is 5.22. The molecular formula is C16H20FN5O. The summed E-state index contributed by atoms with van der Waals surface area (Å²) in [5.74, 6) is -0.785. The molecule has 1 aromatic carbocycles. The molecule has 1 aliphatic heterocycles. The zero-order valence-electron chi connectivity index (χ0n) is 12.8. The van der Waals surface area contributed by atoms with E-state index in [-0.39, 0.29) is 17.2 Å². The molecule has 122 valence electrons. The molecule has 0 aromatic heterocycles. The molecule has 0 unspecified atom stereocenters. The summed E-state index contributed by atoms with van der Waals surface area (Å²) in [6, 6.07) is 7.96. The Morgan fingerprint density at radius 2 is 2.04 bits per heavy atom. The number of hydrogen-bond donors (Lipinski definition) is 2. The van der Waals surface area contributed by atoms with Crippen molar-refractivity contribution in [3.8, 4) is 6.07 Å². The van der Waals surface area contributed by atoms with Crippen molar-refractivity contribution in [1.82, 2.24) is 9.80 Å². The summed E-state index contributed by atoms with van der Waals surface area (Å²) in [6.07, 6.45) is 1.26. The minimum atomic E-state index is -0.441. The van der Waals surface area contributed by atoms with Crippen LogP contribution in [0.15, 0.2) is 36.0 Å². The standard InChI is InChI=1S/C16H20FN5O/c17-14-3-1-2-4-15(14)20-12-13(11-19)16(23)22-9-7-21(6-5-18)8-10-22/h1-4,12,20H,5-10,18H2/b13-12-. The second kappa shape index (κ2) is 8.27. The number of nitrogens with one attached hydrogen (secondary N) is 1. The van der Waals surface area contributed by atoms with Crippen LogP contribution >= 0.6 is 0 Å². The lowest BCUT2D eigenvalue weighted by molar-refractivity contribution is -0.128. The van der Waals surface area contributed by atoms with Crippen LogP contribution in [0.4, 0.5) is 10.1 Å². The van der Waals surface area contributed by atoms with E-state index < -0.39 is 5.82 Å². The molecule has 0 spiro atoms. The first-order valence-electron chi connectivity index (χ1n) is 7.48. The third-order valence-corrected chi connectivity index (χ3v) is 3.70. The largest absolute Gasteiger partial charge is 0.358 e. The molecule has 1 heterocycles. The summed E-state index contributed by atoms with van der Waals surface area (Å²) in [6.45, 7) is 3.97. The van der Waals surface area contributed by atoms with E-state index in [1.165, 1.54) is 18.3 Å². The van der Waals surface area contributed by atoms with E-state index in [0.717, 1.165) is 19.6 Å². The van der Waals surface area contributed by atoms with E-state index in [1.54, 1.807) is 17.0 Å². The Balaban J connectivity index is 1.98. The smallest absolute Gasteiger partial charge is 0.266 e. The van der Waals surface area contributed by atoms with Crippen LogP contribution in [0.2, 0.25) is 0 Å². The van der Waals surface area contributed by atoms with Crippen molar-refractivity contribution in [2.45, 2.75) is 0 Å². The monoisotopic (exact) mass is 317 g/mol. The number of anilines is 1. The minimum absolute atomic E-state index is 0.0412. The molecule has 1 saturated heterocycles. The molecule has 1 aromatic rings. The lowest BCUT2D eigenvalue weighted by Crippen LogP contribution is -2.50. The quantitative estimate of drug-likeness (QED) is 0.618. The number of nitrogens with zero attached hydrogens (tertiary/aromatic N) is 3. The van der Waals surface area contributed by atoms with Gasteiger partial charge < -0.3 is 16.0 Å². The number of amides is 1. The van der Waals surface area contributed by atoms with Crippen LogP contribution in [-0.2, 0) is 4.79 Å². The van der Waals surface area contributed by atoms with Crippen LogP contribution < -0.4 is 11.1 Å². The summed E-state index contributed by atoms with van der Waals surface area (Å²) < 4.78 is 13.5. The van der Waals surface area contributed by atoms with Crippen molar-refractivity contribution in [2.24, 2.45) is 5.73 Å². The average Bonchev–Trinajstić information content (AvgIpc) is 2.57. The molecule has 1 fully saturated rings. The Hall–Kier alpha value is -2.43. The molecule has 7 heteroatoms. The molecule has 1 aliphatic rings. The summed E-state index contributed by atoms with van der Waals surface area (Å²) in [4.78, 5) is 16.2. The van der Waals surface area contributed by atoms with Gasteiger partial charge in [-0.1, -0.05) is 12.1 Å². The minimum Gasteiger partial charge on any atom is -0.358 e. The number of carbonyl (C=O) groups is 1. The van der Waals surface area contributed by atoms with Gasteiger partial charge in [-0.3, -0.25) is 9.69 Å². The van der Waals surface area contributed by atoms with Gasteiger partial charge in [-0.25, -0.2) is 4.39 Å². The number of piperazine rings is 1. The number of hydrogen-bond acceptors (Lipinski definition) is 5. The van der Waals surface area contributed by atoms with Gasteiger partial charge in [0.2, 0.25) is 0 Å². The highest BCUT2D eigenvalue weighted by Crippen LogP contribution is 2.13. The van der Waals surface area contributed by atoms with Gasteiger partial charge in [0.25, 0.3) is 5.91 Å². The summed E-state index contributed by atoms with van der Waals surface area (Å²) >= 11 is 0. The fourth-order valence-corrected chi connectivity index (χ4v) is 2.40. The first kappa shape index (κ1) is 16.9. The number of para-hydroxylation sites is 1. The van der Waals surface area contributed by atoms with Gasteiger partial charge in [0.1, 0.15) is 17.5 Å². The first-order valence-corrected chi connectivity index (χ1v) is 7.48. The van der Waals surface area contributed by atoms with Crippen LogP contribution in [0.1, 0.15) is 0 Å². The Morgan fingerprint density at radius 1 is 1.35 bits per heavy atom. The van der Waals surface area contributed by atoms with E-state index in [9.17, 15) is 14.4 Å². The van der Waals surface area contributed by atoms with Crippen LogP contribution in [0.5, 0.6) is 0 Å². The second-order valence-corrected chi connectivity index (χ2v) is 5.22. The van der Waals surface area contributed by atoms with E-state index in [0.29, 0.717) is 19.6 Å². The average molecular weight is 317 g/mol. The SMILES string of the molecule is N#C/C(=C/Nc1ccccc1F)C(=O)N1CCN(CCN)CC1. The Kier molecular flexibility index (Phi) is 6.09. The van der Waals surface area contributed by atoms with Gasteiger partial charge >= 0.3 is 0 Å². The summed E-state index contributed by atoms with van der Waals surface area (Å²) in [5.41, 5.74) is 5.70. The van der Waals surface area contributed by atoms with Crippen LogP contribution in [-0.4, -0.2) is 55.0 Å². The maximum absolute atomic E-state index is 13.5. The lowest BCUT2D eigenvalue weighted by Gasteiger charge is -2.34. The maximum Gasteiger partial charge on any atom is 0.266 e. The third kappa shape index (κ3) is 4.52. The summed E-state index contributed by atoms with van der Waals surface area (Å²) in [7, 11) is 0. The molecule has 1 amide bonds. The van der Waals surface area contributed by atoms with Crippen LogP contribution in [0, 0.1) is 17.1 Å². The zero-order valence-corrected chi connectivity index (χ0v) is 12.8. The number of nitriles is 1. The Labute approximate surface area is 135 Å². The number of nitrogens with two attached hydrogens (primary N) is 1. The van der Waals surface area contributed by atoms with Crippen molar-refractivity contribution in [3.05, 3.63) is 41.9 Å². The topological polar surface area (TPSA) is 85.4 Å². The van der Waals surface area contributed by atoms with Crippen LogP contribution in [0.25, 0.3) is 0 Å². The van der Waals surface area contributed by atoms with E-state index >= 15 is 0 Å². The molecule has 0 atom stereocenters. The summed E-state index contributed by atoms with van der Waals surface area (Å²) in [5, 5.41) is 11.9. The van der Waals surface area contributed by atoms with Gasteiger partial charge in [-0.15, -0.1) is 0 Å². The van der Waals surface area contributed by atoms with Gasteiger partial charge in [-0.05, 0) is 12.1 Å². The van der Waals surface area contributed by atoms with Crippen molar-refractivity contribution in [2.75, 3.05) is 44.6 Å². The molecule has 0 bridgehead atoms. The molecule has 0 radical (unpaired) electrons. The molecule has 2 rings (SSSR count). The highest BCUT2D eigenvalue weighted by molar-refractivity contribution is 5.97. The highest BCUT2D eigenvalue weighted by atomic mass is 19.1. The molecule has 0 aliphatic carbocycles. The van der Waals surface area contributed by atoms with Crippen molar-refractivity contribution >= 4 is 11.6 Å². The van der Waals surface area contributed by atoms with Gasteiger partial charge in [-0.2, -0.15) is 5.26 Å². The normalized spacial score (nSPS) is 16.0. The fraction of sp³-hybridized carbons (Fsp3) is 0.375. The van der Waals surface area contributed by atoms with Crippen LogP contribution in [0.3, 0.4) is 0 Å². The Bertz CT molecular complexity index is 617. The predicted octanol–water partition coefficient (Wildman–Crippen LogP) is 0.748. The maximum atomic E-state index is 13.5. The predicted molar refractivity (Wildman–Crippen MR) is 85.8 cm³/mol. The number of rotatable bonds is 5. The van der Waals surface area contributed by atoms with E-state index in [2.05, 4.69) is 10.2 Å². The number of carbonyl (C=O) groups excluding carboxylic acids is 1. The van der Waals surface area contributed by atoms with Gasteiger partial charge in [0.05, 0.1) is 5.69 Å². The molecule has 23 heavy (non-hydrogen) atoms. The van der Waals surface area contributed by atoms with Crippen molar-refractivity contribution in [1.29, 1.82) is 5.26 Å². The third-order valence-electron chi connectivity index (χ3n) is 3.70. The van der Waals surface area contributed by atoms with E-state index in [4.69, 9.17) is 5.73 Å². The highest BCUT2D eigenvalue weighted by Gasteiger charge is 2.23. The van der Waals surface area contributed by atoms with Gasteiger partial charge in [0, 0.05) is 45.5 Å². The molecule has 3 N–H and O–H groups in total. The van der Waals surface area contributed by atoms with E-state index in [1.807, 2.05) is 6.07 Å². The fourth-order valence-electron chi connectivity index (χ4n) is 2.40. The number of halogens is 1. The molecule has 0 saturated carbocycles. The lowest BCUT2D eigenvalue weighted by atomic mass is 10.2.